The first-order valence-electron chi connectivity index (χ1n) is 9.58. The highest BCUT2D eigenvalue weighted by Crippen LogP contribution is 2.27. The Morgan fingerprint density at radius 3 is 2.52 bits per heavy atom. The number of aryl methyl sites for hydroxylation is 1. The van der Waals surface area contributed by atoms with E-state index in [-0.39, 0.29) is 23.8 Å². The minimum Gasteiger partial charge on any atom is -0.495 e. The number of carbonyl (C=O) groups excluding carboxylic acids is 2. The Bertz CT molecular complexity index is 919. The summed E-state index contributed by atoms with van der Waals surface area (Å²) in [7, 11) is 1.50. The zero-order chi connectivity index (χ0) is 20.8. The number of aromatic carboxylic acids is 1. The number of likely N-dealkylation sites (tertiary alicyclic amines) is 1. The van der Waals surface area contributed by atoms with Crippen LogP contribution in [0.25, 0.3) is 0 Å². The van der Waals surface area contributed by atoms with Gasteiger partial charge in [0.25, 0.3) is 5.91 Å². The van der Waals surface area contributed by atoms with Crippen LogP contribution in [0.2, 0.25) is 0 Å². The summed E-state index contributed by atoms with van der Waals surface area (Å²) >= 11 is 0. The fourth-order valence-corrected chi connectivity index (χ4v) is 3.45. The number of hydrogen-bond donors (Lipinski definition) is 2. The number of ether oxygens (including phenoxy) is 1. The third kappa shape index (κ3) is 4.93. The number of nitrogens with zero attached hydrogens (tertiary/aromatic N) is 1. The van der Waals surface area contributed by atoms with Crippen LogP contribution in [0.5, 0.6) is 5.75 Å². The van der Waals surface area contributed by atoms with Gasteiger partial charge in [-0.05, 0) is 49.1 Å². The van der Waals surface area contributed by atoms with Gasteiger partial charge >= 0.3 is 5.97 Å². The van der Waals surface area contributed by atoms with Crippen molar-refractivity contribution in [2.75, 3.05) is 25.5 Å². The summed E-state index contributed by atoms with van der Waals surface area (Å²) in [5, 5.41) is 12.0. The lowest BCUT2D eigenvalue weighted by atomic mass is 10.0. The number of nitrogens with one attached hydrogen (secondary N) is 1. The molecule has 0 radical (unpaired) electrons. The van der Waals surface area contributed by atoms with Crippen molar-refractivity contribution in [3.8, 4) is 5.75 Å². The Labute approximate surface area is 169 Å². The van der Waals surface area contributed by atoms with Gasteiger partial charge in [-0.25, -0.2) is 4.79 Å². The van der Waals surface area contributed by atoms with Crippen LogP contribution < -0.4 is 10.1 Å². The van der Waals surface area contributed by atoms with Crippen molar-refractivity contribution in [2.45, 2.75) is 25.7 Å². The minimum atomic E-state index is -1.02. The van der Waals surface area contributed by atoms with Crippen LogP contribution in [0.1, 0.15) is 45.5 Å². The van der Waals surface area contributed by atoms with Crippen molar-refractivity contribution in [3.05, 3.63) is 59.2 Å². The number of benzene rings is 2. The molecule has 2 aromatic carbocycles. The molecular formula is C22H24N2O5. The van der Waals surface area contributed by atoms with Gasteiger partial charge < -0.3 is 20.1 Å². The van der Waals surface area contributed by atoms with Crippen LogP contribution >= 0.6 is 0 Å². The zero-order valence-electron chi connectivity index (χ0n) is 16.3. The van der Waals surface area contributed by atoms with E-state index >= 15 is 0 Å². The van der Waals surface area contributed by atoms with Gasteiger partial charge in [0.1, 0.15) is 5.75 Å². The van der Waals surface area contributed by atoms with Crippen molar-refractivity contribution in [1.29, 1.82) is 0 Å². The van der Waals surface area contributed by atoms with Gasteiger partial charge in [-0.2, -0.15) is 0 Å². The summed E-state index contributed by atoms with van der Waals surface area (Å²) in [6.07, 6.45) is 2.41. The number of carboxylic acid groups (broad SMARTS) is 1. The molecule has 2 amide bonds. The second-order valence-electron chi connectivity index (χ2n) is 6.92. The van der Waals surface area contributed by atoms with Gasteiger partial charge in [-0.15, -0.1) is 0 Å². The molecule has 152 valence electrons. The molecule has 1 heterocycles. The van der Waals surface area contributed by atoms with E-state index in [2.05, 4.69) is 5.32 Å². The number of rotatable bonds is 7. The molecule has 0 atom stereocenters. The highest BCUT2D eigenvalue weighted by atomic mass is 16.5. The molecule has 0 unspecified atom stereocenters. The Morgan fingerprint density at radius 1 is 1.10 bits per heavy atom. The van der Waals surface area contributed by atoms with E-state index in [0.29, 0.717) is 29.0 Å². The van der Waals surface area contributed by atoms with Crippen LogP contribution in [0, 0.1) is 0 Å². The molecule has 1 aliphatic rings. The summed E-state index contributed by atoms with van der Waals surface area (Å²) in [5.74, 6) is -0.900. The van der Waals surface area contributed by atoms with Crippen molar-refractivity contribution in [3.63, 3.8) is 0 Å². The van der Waals surface area contributed by atoms with Crippen LogP contribution in [0.4, 0.5) is 5.69 Å². The molecule has 0 aliphatic carbocycles. The van der Waals surface area contributed by atoms with Gasteiger partial charge in [0, 0.05) is 25.1 Å². The predicted molar refractivity (Wildman–Crippen MR) is 108 cm³/mol. The standard InChI is InChI=1S/C22H24N2O5/c1-29-19-10-8-16(21(26)24-12-4-5-13-24)14-18(19)23-20(25)11-9-15-6-2-3-7-17(15)22(27)28/h2-3,6-8,10,14H,4-5,9,11-13H2,1H3,(H,23,25)(H,27,28). The van der Waals surface area contributed by atoms with Gasteiger partial charge in [-0.3, -0.25) is 9.59 Å². The predicted octanol–water partition coefficient (Wildman–Crippen LogP) is 3.20. The first-order chi connectivity index (χ1) is 14.0. The van der Waals surface area contributed by atoms with Gasteiger partial charge in [0.15, 0.2) is 0 Å². The number of carbonyl (C=O) groups is 3. The molecular weight excluding hydrogens is 372 g/mol. The lowest BCUT2D eigenvalue weighted by molar-refractivity contribution is -0.116. The topological polar surface area (TPSA) is 95.9 Å². The second kappa shape index (κ2) is 9.23. The monoisotopic (exact) mass is 396 g/mol. The van der Waals surface area contributed by atoms with E-state index in [0.717, 1.165) is 25.9 Å². The van der Waals surface area contributed by atoms with Crippen molar-refractivity contribution in [2.24, 2.45) is 0 Å². The first-order valence-corrected chi connectivity index (χ1v) is 9.58. The van der Waals surface area contributed by atoms with Crippen LogP contribution in [-0.2, 0) is 11.2 Å². The number of methoxy groups -OCH3 is 1. The maximum absolute atomic E-state index is 12.6. The maximum atomic E-state index is 12.6. The second-order valence-corrected chi connectivity index (χ2v) is 6.92. The van der Waals surface area contributed by atoms with Crippen molar-refractivity contribution < 1.29 is 24.2 Å². The Balaban J connectivity index is 1.70. The molecule has 1 aliphatic heterocycles. The molecule has 3 rings (SSSR count). The maximum Gasteiger partial charge on any atom is 0.335 e. The van der Waals surface area contributed by atoms with Crippen molar-refractivity contribution >= 4 is 23.5 Å². The largest absolute Gasteiger partial charge is 0.495 e. The number of hydrogen-bond acceptors (Lipinski definition) is 4. The summed E-state index contributed by atoms with van der Waals surface area (Å²) in [6, 6.07) is 11.6. The lowest BCUT2D eigenvalue weighted by Crippen LogP contribution is -2.27. The SMILES string of the molecule is COc1ccc(C(=O)N2CCCC2)cc1NC(=O)CCc1ccccc1C(=O)O. The molecule has 1 fully saturated rings. The van der Waals surface area contributed by atoms with Crippen molar-refractivity contribution in [1.82, 2.24) is 4.90 Å². The average molecular weight is 396 g/mol. The number of amides is 2. The third-order valence-corrected chi connectivity index (χ3v) is 4.98. The Hall–Kier alpha value is -3.35. The average Bonchev–Trinajstić information content (AvgIpc) is 3.26. The van der Waals surface area contributed by atoms with E-state index in [9.17, 15) is 19.5 Å². The molecule has 0 spiro atoms. The fraction of sp³-hybridized carbons (Fsp3) is 0.318. The molecule has 1 saturated heterocycles. The normalized spacial score (nSPS) is 13.2. The molecule has 2 N–H and O–H groups in total. The van der Waals surface area contributed by atoms with E-state index in [1.165, 1.54) is 13.2 Å². The molecule has 7 heteroatoms. The lowest BCUT2D eigenvalue weighted by Gasteiger charge is -2.17. The first kappa shape index (κ1) is 20.4. The zero-order valence-corrected chi connectivity index (χ0v) is 16.3. The molecule has 0 saturated carbocycles. The summed E-state index contributed by atoms with van der Waals surface area (Å²) < 4.78 is 5.30. The Morgan fingerprint density at radius 2 is 1.83 bits per heavy atom. The van der Waals surface area contributed by atoms with Crippen LogP contribution in [0.3, 0.4) is 0 Å². The molecule has 0 bridgehead atoms. The molecule has 7 nitrogen and oxygen atoms in total. The minimum absolute atomic E-state index is 0.0592. The van der Waals surface area contributed by atoms with Gasteiger partial charge in [-0.1, -0.05) is 18.2 Å². The van der Waals surface area contributed by atoms with E-state index in [4.69, 9.17) is 4.74 Å². The summed E-state index contributed by atoms with van der Waals surface area (Å²) in [4.78, 5) is 38.2. The fourth-order valence-electron chi connectivity index (χ4n) is 3.45. The highest BCUT2D eigenvalue weighted by molar-refractivity contribution is 5.98. The van der Waals surface area contributed by atoms with E-state index < -0.39 is 5.97 Å². The van der Waals surface area contributed by atoms with Gasteiger partial charge in [0.05, 0.1) is 18.4 Å². The molecule has 0 aromatic heterocycles. The van der Waals surface area contributed by atoms with E-state index in [1.54, 1.807) is 41.3 Å². The molecule has 29 heavy (non-hydrogen) atoms. The van der Waals surface area contributed by atoms with E-state index in [1.807, 2.05) is 0 Å². The van der Waals surface area contributed by atoms with Gasteiger partial charge in [0.2, 0.25) is 5.91 Å². The quantitative estimate of drug-likeness (QED) is 0.749. The highest BCUT2D eigenvalue weighted by Gasteiger charge is 2.21. The number of anilines is 1. The Kier molecular flexibility index (Phi) is 6.49. The summed E-state index contributed by atoms with van der Waals surface area (Å²) in [6.45, 7) is 1.49. The summed E-state index contributed by atoms with van der Waals surface area (Å²) in [5.41, 5.74) is 1.71. The smallest absolute Gasteiger partial charge is 0.335 e. The molecule has 2 aromatic rings. The van der Waals surface area contributed by atoms with Crippen LogP contribution in [0.15, 0.2) is 42.5 Å². The number of carboxylic acids is 1. The third-order valence-electron chi connectivity index (χ3n) is 4.98. The van der Waals surface area contributed by atoms with Crippen LogP contribution in [-0.4, -0.2) is 48.0 Å².